The van der Waals surface area contributed by atoms with Gasteiger partial charge >= 0.3 is 0 Å². The van der Waals surface area contributed by atoms with Gasteiger partial charge in [0.15, 0.2) is 0 Å². The Morgan fingerprint density at radius 3 is 2.61 bits per heavy atom. The normalized spacial score (nSPS) is 12.9. The molecule has 2 aromatic rings. The van der Waals surface area contributed by atoms with Gasteiger partial charge in [-0.3, -0.25) is 0 Å². The molecule has 0 spiro atoms. The van der Waals surface area contributed by atoms with Crippen molar-refractivity contribution < 1.29 is 0 Å². The van der Waals surface area contributed by atoms with Crippen molar-refractivity contribution >= 4 is 38.6 Å². The Bertz CT molecular complexity index is 496. The summed E-state index contributed by atoms with van der Waals surface area (Å²) in [5.74, 6) is 0. The highest BCUT2D eigenvalue weighted by molar-refractivity contribution is 9.10. The molecular formula is C14H18BrNS2. The zero-order valence-corrected chi connectivity index (χ0v) is 14.1. The van der Waals surface area contributed by atoms with Gasteiger partial charge in [-0.15, -0.1) is 22.7 Å². The summed E-state index contributed by atoms with van der Waals surface area (Å²) in [5, 5.41) is 5.75. The number of hydrogen-bond acceptors (Lipinski definition) is 3. The minimum atomic E-state index is 0.443. The van der Waals surface area contributed by atoms with Crippen LogP contribution in [-0.4, -0.2) is 6.54 Å². The predicted octanol–water partition coefficient (Wildman–Crippen LogP) is 5.08. The molecule has 0 aliphatic carbocycles. The van der Waals surface area contributed by atoms with Crippen molar-refractivity contribution in [3.8, 4) is 0 Å². The standard InChI is InChI=1S/C14H18BrNS2/c1-4-16-13(7-12-6-11(15)8-17-12)14-5-9(2)10(3)18-14/h5-6,8,13,16H,4,7H2,1-3H3. The lowest BCUT2D eigenvalue weighted by molar-refractivity contribution is 0.561. The van der Waals surface area contributed by atoms with Crippen LogP contribution in [-0.2, 0) is 6.42 Å². The van der Waals surface area contributed by atoms with Crippen LogP contribution in [0.3, 0.4) is 0 Å². The predicted molar refractivity (Wildman–Crippen MR) is 85.9 cm³/mol. The quantitative estimate of drug-likeness (QED) is 0.797. The molecule has 1 nitrogen and oxygen atoms in total. The zero-order chi connectivity index (χ0) is 13.1. The molecule has 0 saturated heterocycles. The molecule has 0 bridgehead atoms. The lowest BCUT2D eigenvalue weighted by Gasteiger charge is -2.15. The summed E-state index contributed by atoms with van der Waals surface area (Å²) >= 11 is 7.27. The second-order valence-electron chi connectivity index (χ2n) is 4.43. The molecule has 18 heavy (non-hydrogen) atoms. The highest BCUT2D eigenvalue weighted by Crippen LogP contribution is 2.31. The van der Waals surface area contributed by atoms with E-state index < -0.39 is 0 Å². The molecular weight excluding hydrogens is 326 g/mol. The highest BCUT2D eigenvalue weighted by atomic mass is 79.9. The van der Waals surface area contributed by atoms with Crippen LogP contribution in [0.4, 0.5) is 0 Å². The van der Waals surface area contributed by atoms with Crippen molar-refractivity contribution in [2.45, 2.75) is 33.2 Å². The van der Waals surface area contributed by atoms with Gasteiger partial charge in [0.2, 0.25) is 0 Å². The van der Waals surface area contributed by atoms with Crippen LogP contribution in [0.2, 0.25) is 0 Å². The Labute approximate surface area is 125 Å². The van der Waals surface area contributed by atoms with E-state index in [2.05, 4.69) is 59.5 Å². The number of rotatable bonds is 5. The van der Waals surface area contributed by atoms with Crippen molar-refractivity contribution in [3.63, 3.8) is 0 Å². The number of likely N-dealkylation sites (N-methyl/N-ethyl adjacent to an activating group) is 1. The van der Waals surface area contributed by atoms with Crippen LogP contribution in [0, 0.1) is 13.8 Å². The molecule has 1 unspecified atom stereocenters. The maximum Gasteiger partial charge on any atom is 0.0463 e. The summed E-state index contributed by atoms with van der Waals surface area (Å²) in [6.45, 7) is 7.58. The Morgan fingerprint density at radius 1 is 1.33 bits per heavy atom. The van der Waals surface area contributed by atoms with E-state index in [1.165, 1.54) is 24.7 Å². The van der Waals surface area contributed by atoms with Gasteiger partial charge in [-0.05, 0) is 54.0 Å². The fraction of sp³-hybridized carbons (Fsp3) is 0.429. The fourth-order valence-corrected chi connectivity index (χ4v) is 4.57. The lowest BCUT2D eigenvalue weighted by Crippen LogP contribution is -2.21. The molecule has 2 aromatic heterocycles. The molecule has 0 fully saturated rings. The van der Waals surface area contributed by atoms with Gasteiger partial charge in [0.1, 0.15) is 0 Å². The Kier molecular flexibility index (Phi) is 5.01. The van der Waals surface area contributed by atoms with E-state index in [0.717, 1.165) is 13.0 Å². The van der Waals surface area contributed by atoms with Crippen molar-refractivity contribution in [2.75, 3.05) is 6.54 Å². The summed E-state index contributed by atoms with van der Waals surface area (Å²) in [6.07, 6.45) is 1.07. The third-order valence-corrected chi connectivity index (χ3v) is 5.99. The summed E-state index contributed by atoms with van der Waals surface area (Å²) in [6, 6.07) is 5.00. The lowest BCUT2D eigenvalue weighted by atomic mass is 10.1. The topological polar surface area (TPSA) is 12.0 Å². The summed E-state index contributed by atoms with van der Waals surface area (Å²) < 4.78 is 1.19. The van der Waals surface area contributed by atoms with E-state index in [0.29, 0.717) is 6.04 Å². The molecule has 98 valence electrons. The first-order valence-corrected chi connectivity index (χ1v) is 8.62. The molecule has 1 atom stereocenters. The molecule has 1 N–H and O–H groups in total. The molecule has 0 aliphatic heterocycles. The largest absolute Gasteiger partial charge is 0.309 e. The molecule has 0 aliphatic rings. The first-order valence-electron chi connectivity index (χ1n) is 6.13. The van der Waals surface area contributed by atoms with E-state index in [1.54, 1.807) is 0 Å². The third-order valence-electron chi connectivity index (χ3n) is 3.01. The van der Waals surface area contributed by atoms with Gasteiger partial charge in [-0.1, -0.05) is 6.92 Å². The van der Waals surface area contributed by atoms with Crippen LogP contribution in [0.5, 0.6) is 0 Å². The van der Waals surface area contributed by atoms with E-state index >= 15 is 0 Å². The van der Waals surface area contributed by atoms with Gasteiger partial charge in [0, 0.05) is 36.9 Å². The van der Waals surface area contributed by atoms with E-state index in [-0.39, 0.29) is 0 Å². The molecule has 0 radical (unpaired) electrons. The van der Waals surface area contributed by atoms with E-state index in [1.807, 2.05) is 22.7 Å². The molecule has 0 aromatic carbocycles. The maximum absolute atomic E-state index is 3.60. The monoisotopic (exact) mass is 343 g/mol. The Balaban J connectivity index is 2.17. The van der Waals surface area contributed by atoms with E-state index in [9.17, 15) is 0 Å². The van der Waals surface area contributed by atoms with Crippen molar-refractivity contribution in [3.05, 3.63) is 42.2 Å². The van der Waals surface area contributed by atoms with Gasteiger partial charge in [-0.25, -0.2) is 0 Å². The summed E-state index contributed by atoms with van der Waals surface area (Å²) in [7, 11) is 0. The van der Waals surface area contributed by atoms with Gasteiger partial charge in [-0.2, -0.15) is 0 Å². The van der Waals surface area contributed by atoms with Crippen LogP contribution in [0.25, 0.3) is 0 Å². The SMILES string of the molecule is CCNC(Cc1cc(Br)cs1)c1cc(C)c(C)s1. The minimum Gasteiger partial charge on any atom is -0.309 e. The Hall–Kier alpha value is -0.160. The molecule has 2 heterocycles. The average Bonchev–Trinajstić information content (AvgIpc) is 2.86. The second-order valence-corrected chi connectivity index (χ2v) is 7.63. The summed E-state index contributed by atoms with van der Waals surface area (Å²) in [5.41, 5.74) is 1.41. The molecule has 0 amide bonds. The number of nitrogens with one attached hydrogen (secondary N) is 1. The summed E-state index contributed by atoms with van der Waals surface area (Å²) in [4.78, 5) is 4.31. The van der Waals surface area contributed by atoms with Crippen LogP contribution in [0.1, 0.15) is 33.2 Å². The van der Waals surface area contributed by atoms with E-state index in [4.69, 9.17) is 0 Å². The van der Waals surface area contributed by atoms with Gasteiger partial charge in [0.25, 0.3) is 0 Å². The molecule has 4 heteroatoms. The van der Waals surface area contributed by atoms with Crippen molar-refractivity contribution in [1.82, 2.24) is 5.32 Å². The smallest absolute Gasteiger partial charge is 0.0463 e. The van der Waals surface area contributed by atoms with Gasteiger partial charge < -0.3 is 5.32 Å². The first-order chi connectivity index (χ1) is 8.60. The fourth-order valence-electron chi connectivity index (χ4n) is 1.96. The van der Waals surface area contributed by atoms with Crippen LogP contribution >= 0.6 is 38.6 Å². The molecule has 2 rings (SSSR count). The third kappa shape index (κ3) is 3.44. The maximum atomic E-state index is 3.60. The number of halogens is 1. The zero-order valence-electron chi connectivity index (χ0n) is 10.9. The second kappa shape index (κ2) is 6.33. The van der Waals surface area contributed by atoms with Gasteiger partial charge in [0.05, 0.1) is 0 Å². The average molecular weight is 344 g/mol. The first kappa shape index (κ1) is 14.3. The van der Waals surface area contributed by atoms with Crippen molar-refractivity contribution in [1.29, 1.82) is 0 Å². The highest BCUT2D eigenvalue weighted by Gasteiger charge is 2.15. The number of aryl methyl sites for hydroxylation is 2. The molecule has 0 saturated carbocycles. The number of thiophene rings is 2. The van der Waals surface area contributed by atoms with Crippen LogP contribution < -0.4 is 5.32 Å². The van der Waals surface area contributed by atoms with Crippen LogP contribution in [0.15, 0.2) is 22.0 Å². The minimum absolute atomic E-state index is 0.443. The Morgan fingerprint density at radius 2 is 2.11 bits per heavy atom. The van der Waals surface area contributed by atoms with Crippen molar-refractivity contribution in [2.24, 2.45) is 0 Å². The number of hydrogen-bond donors (Lipinski definition) is 1.